The average Bonchev–Trinajstić information content (AvgIpc) is 2.36. The van der Waals surface area contributed by atoms with Crippen LogP contribution in [0, 0.1) is 0 Å². The van der Waals surface area contributed by atoms with Gasteiger partial charge in [0.15, 0.2) is 0 Å². The Kier molecular flexibility index (Phi) is 3.71. The van der Waals surface area contributed by atoms with Gasteiger partial charge in [-0.1, -0.05) is 28.1 Å². The molecule has 0 amide bonds. The van der Waals surface area contributed by atoms with Crippen LogP contribution in [-0.2, 0) is 0 Å². The van der Waals surface area contributed by atoms with Crippen molar-refractivity contribution in [3.8, 4) is 0 Å². The van der Waals surface area contributed by atoms with E-state index in [9.17, 15) is 5.11 Å². The molecular formula is C15H17BrN2O. The third-order valence-electron chi connectivity index (χ3n) is 3.86. The molecule has 1 aromatic carbocycles. The number of hydrogen-bond acceptors (Lipinski definition) is 3. The number of halogens is 1. The molecule has 0 aliphatic heterocycles. The number of fused-ring (bicyclic) bond motifs is 1. The molecular weight excluding hydrogens is 304 g/mol. The van der Waals surface area contributed by atoms with Crippen molar-refractivity contribution in [2.24, 2.45) is 0 Å². The number of aromatic nitrogens is 1. The van der Waals surface area contributed by atoms with Gasteiger partial charge in [-0.05, 0) is 31.4 Å². The van der Waals surface area contributed by atoms with Crippen LogP contribution >= 0.6 is 15.9 Å². The van der Waals surface area contributed by atoms with E-state index in [0.29, 0.717) is 12.6 Å². The van der Waals surface area contributed by atoms with Crippen molar-refractivity contribution in [1.29, 1.82) is 0 Å². The fourth-order valence-corrected chi connectivity index (χ4v) is 3.15. The second-order valence-electron chi connectivity index (χ2n) is 4.97. The summed E-state index contributed by atoms with van der Waals surface area (Å²) < 4.78 is 1.09. The summed E-state index contributed by atoms with van der Waals surface area (Å²) in [5.41, 5.74) is 0. The first kappa shape index (κ1) is 12.9. The summed E-state index contributed by atoms with van der Waals surface area (Å²) in [5.74, 6) is 0.998. The molecule has 1 N–H and O–H groups in total. The number of aliphatic hydroxyl groups excluding tert-OH is 1. The molecule has 1 saturated carbocycles. The van der Waals surface area contributed by atoms with Crippen molar-refractivity contribution in [2.45, 2.75) is 25.3 Å². The fraction of sp³-hybridized carbons (Fsp3) is 0.400. The molecule has 0 spiro atoms. The molecule has 3 rings (SSSR count). The molecule has 0 radical (unpaired) electrons. The summed E-state index contributed by atoms with van der Waals surface area (Å²) in [6.07, 6.45) is 5.53. The van der Waals surface area contributed by atoms with Gasteiger partial charge in [0.05, 0.1) is 6.61 Å². The summed E-state index contributed by atoms with van der Waals surface area (Å²) in [5, 5.41) is 11.6. The molecule has 0 saturated heterocycles. The first-order valence-electron chi connectivity index (χ1n) is 6.72. The molecule has 1 aliphatic rings. The third kappa shape index (κ3) is 2.35. The predicted octanol–water partition coefficient (Wildman–Crippen LogP) is 3.35. The fourth-order valence-electron chi connectivity index (χ4n) is 2.65. The maximum absolute atomic E-state index is 9.31. The summed E-state index contributed by atoms with van der Waals surface area (Å²) in [7, 11) is 0. The lowest BCUT2D eigenvalue weighted by Gasteiger charge is -2.38. The maximum atomic E-state index is 9.31. The standard InChI is InChI=1S/C15H17BrN2O/c16-14-6-2-5-13-12(14)7-8-17-15(13)18(9-10-19)11-3-1-4-11/h2,5-8,11,19H,1,3-4,9-10H2. The summed E-state index contributed by atoms with van der Waals surface area (Å²) in [6.45, 7) is 0.825. The Morgan fingerprint density at radius 2 is 2.11 bits per heavy atom. The highest BCUT2D eigenvalue weighted by atomic mass is 79.9. The zero-order valence-corrected chi connectivity index (χ0v) is 12.3. The lowest BCUT2D eigenvalue weighted by molar-refractivity contribution is 0.283. The first-order valence-corrected chi connectivity index (χ1v) is 7.51. The van der Waals surface area contributed by atoms with Crippen LogP contribution < -0.4 is 4.90 Å². The van der Waals surface area contributed by atoms with Crippen LogP contribution in [0.1, 0.15) is 19.3 Å². The highest BCUT2D eigenvalue weighted by Gasteiger charge is 2.26. The molecule has 3 nitrogen and oxygen atoms in total. The predicted molar refractivity (Wildman–Crippen MR) is 81.5 cm³/mol. The molecule has 100 valence electrons. The van der Waals surface area contributed by atoms with Crippen LogP contribution in [0.4, 0.5) is 5.82 Å². The molecule has 1 heterocycles. The number of benzene rings is 1. The van der Waals surface area contributed by atoms with E-state index in [4.69, 9.17) is 0 Å². The normalized spacial score (nSPS) is 15.5. The Balaban J connectivity index is 2.09. The quantitative estimate of drug-likeness (QED) is 0.938. The first-order chi connectivity index (χ1) is 9.31. The minimum absolute atomic E-state index is 0.169. The second-order valence-corrected chi connectivity index (χ2v) is 5.83. The van der Waals surface area contributed by atoms with Gasteiger partial charge in [-0.2, -0.15) is 0 Å². The van der Waals surface area contributed by atoms with Crippen LogP contribution in [0.2, 0.25) is 0 Å². The van der Waals surface area contributed by atoms with E-state index < -0.39 is 0 Å². The molecule has 0 unspecified atom stereocenters. The van der Waals surface area contributed by atoms with Crippen molar-refractivity contribution < 1.29 is 5.11 Å². The van der Waals surface area contributed by atoms with Gasteiger partial charge in [0, 0.05) is 34.0 Å². The van der Waals surface area contributed by atoms with E-state index in [1.54, 1.807) is 0 Å². The second kappa shape index (κ2) is 5.47. The van der Waals surface area contributed by atoms with Crippen molar-refractivity contribution in [3.05, 3.63) is 34.9 Å². The number of anilines is 1. The number of rotatable bonds is 4. The SMILES string of the molecule is OCCN(c1nccc2c(Br)cccc12)C1CCC1. The number of pyridine rings is 1. The van der Waals surface area contributed by atoms with Gasteiger partial charge in [-0.15, -0.1) is 0 Å². The minimum atomic E-state index is 0.169. The van der Waals surface area contributed by atoms with E-state index in [-0.39, 0.29) is 6.61 Å². The Morgan fingerprint density at radius 3 is 2.79 bits per heavy atom. The molecule has 19 heavy (non-hydrogen) atoms. The van der Waals surface area contributed by atoms with Gasteiger partial charge in [0.25, 0.3) is 0 Å². The van der Waals surface area contributed by atoms with Crippen LogP contribution in [0.5, 0.6) is 0 Å². The van der Waals surface area contributed by atoms with Gasteiger partial charge in [0.1, 0.15) is 5.82 Å². The van der Waals surface area contributed by atoms with Gasteiger partial charge in [0.2, 0.25) is 0 Å². The largest absolute Gasteiger partial charge is 0.395 e. The topological polar surface area (TPSA) is 36.4 Å². The number of hydrogen-bond donors (Lipinski definition) is 1. The third-order valence-corrected chi connectivity index (χ3v) is 4.55. The molecule has 1 aromatic heterocycles. The Labute approximate surface area is 121 Å². The molecule has 0 bridgehead atoms. The zero-order valence-electron chi connectivity index (χ0n) is 10.7. The Bertz CT molecular complexity index is 583. The van der Waals surface area contributed by atoms with E-state index in [0.717, 1.165) is 15.7 Å². The van der Waals surface area contributed by atoms with Gasteiger partial charge < -0.3 is 10.0 Å². The highest BCUT2D eigenvalue weighted by molar-refractivity contribution is 9.10. The Hall–Kier alpha value is -1.13. The minimum Gasteiger partial charge on any atom is -0.395 e. The van der Waals surface area contributed by atoms with Crippen molar-refractivity contribution >= 4 is 32.5 Å². The summed E-state index contributed by atoms with van der Waals surface area (Å²) in [6, 6.07) is 8.75. The molecule has 0 atom stereocenters. The van der Waals surface area contributed by atoms with Gasteiger partial charge in [-0.3, -0.25) is 0 Å². The average molecular weight is 321 g/mol. The van der Waals surface area contributed by atoms with E-state index in [2.05, 4.69) is 31.9 Å². The van der Waals surface area contributed by atoms with E-state index >= 15 is 0 Å². The van der Waals surface area contributed by atoms with Crippen LogP contribution in [0.25, 0.3) is 10.8 Å². The van der Waals surface area contributed by atoms with Crippen LogP contribution in [-0.4, -0.2) is 29.3 Å². The van der Waals surface area contributed by atoms with Crippen LogP contribution in [0.15, 0.2) is 34.9 Å². The molecule has 2 aromatic rings. The lowest BCUT2D eigenvalue weighted by atomic mass is 9.91. The Morgan fingerprint density at radius 1 is 1.26 bits per heavy atom. The smallest absolute Gasteiger partial charge is 0.136 e. The number of nitrogens with zero attached hydrogens (tertiary/aromatic N) is 2. The lowest BCUT2D eigenvalue weighted by Crippen LogP contribution is -2.42. The molecule has 1 aliphatic carbocycles. The number of aliphatic hydroxyl groups is 1. The highest BCUT2D eigenvalue weighted by Crippen LogP contribution is 2.34. The summed E-state index contributed by atoms with van der Waals surface area (Å²) in [4.78, 5) is 6.83. The van der Waals surface area contributed by atoms with Crippen molar-refractivity contribution in [3.63, 3.8) is 0 Å². The van der Waals surface area contributed by atoms with Crippen molar-refractivity contribution in [2.75, 3.05) is 18.1 Å². The van der Waals surface area contributed by atoms with Gasteiger partial charge in [-0.25, -0.2) is 4.98 Å². The monoisotopic (exact) mass is 320 g/mol. The van der Waals surface area contributed by atoms with Crippen LogP contribution in [0.3, 0.4) is 0 Å². The van der Waals surface area contributed by atoms with E-state index in [1.807, 2.05) is 24.4 Å². The molecule has 4 heteroatoms. The van der Waals surface area contributed by atoms with E-state index in [1.165, 1.54) is 24.6 Å². The maximum Gasteiger partial charge on any atom is 0.136 e. The molecule has 1 fully saturated rings. The summed E-state index contributed by atoms with van der Waals surface area (Å²) >= 11 is 3.59. The van der Waals surface area contributed by atoms with Gasteiger partial charge >= 0.3 is 0 Å². The van der Waals surface area contributed by atoms with Crippen molar-refractivity contribution in [1.82, 2.24) is 4.98 Å². The zero-order chi connectivity index (χ0) is 13.2.